The van der Waals surface area contributed by atoms with E-state index < -0.39 is 5.41 Å². The molecule has 192 valence electrons. The smallest absolute Gasteiger partial charge is 0.312 e. The Labute approximate surface area is 214 Å². The molecule has 0 bridgehead atoms. The van der Waals surface area contributed by atoms with Crippen molar-refractivity contribution in [3.05, 3.63) is 38.7 Å². The standard InChI is InChI=1S/C26H33N5O4S/c1-16(18-8-6-12-30(18)2)35-21-15-20(31-13-14-36-25(31)34)28-24(29-21)22(27)17-7-5-11-26(23(17)33)10-4-3-9-19(26)32/h13-16,18H,3-12,27H2,1-2H3/t16-,18-,26+/m0/s1. The first-order chi connectivity index (χ1) is 17.3. The summed E-state index contributed by atoms with van der Waals surface area (Å²) in [5.74, 6) is 0.638. The lowest BCUT2D eigenvalue weighted by atomic mass is 9.62. The number of Topliss-reactive ketones (excluding diaryl/α,β-unsaturated/α-hetero) is 2. The highest BCUT2D eigenvalue weighted by molar-refractivity contribution is 7.07. The first-order valence-corrected chi connectivity index (χ1v) is 13.7. The van der Waals surface area contributed by atoms with Gasteiger partial charge in [-0.15, -0.1) is 0 Å². The van der Waals surface area contributed by atoms with Crippen molar-refractivity contribution >= 4 is 28.6 Å². The summed E-state index contributed by atoms with van der Waals surface area (Å²) < 4.78 is 7.68. The second kappa shape index (κ2) is 9.89. The van der Waals surface area contributed by atoms with Gasteiger partial charge in [-0.2, -0.15) is 4.98 Å². The highest BCUT2D eigenvalue weighted by Crippen LogP contribution is 2.45. The van der Waals surface area contributed by atoms with E-state index in [-0.39, 0.29) is 40.1 Å². The van der Waals surface area contributed by atoms with Gasteiger partial charge in [-0.25, -0.2) is 4.98 Å². The van der Waals surface area contributed by atoms with Crippen molar-refractivity contribution in [3.63, 3.8) is 0 Å². The zero-order chi connectivity index (χ0) is 25.4. The van der Waals surface area contributed by atoms with Crippen LogP contribution in [0.2, 0.25) is 0 Å². The van der Waals surface area contributed by atoms with Gasteiger partial charge in [-0.05, 0) is 65.5 Å². The third-order valence-corrected chi connectivity index (χ3v) is 8.69. The Kier molecular flexibility index (Phi) is 6.82. The number of allylic oxidation sites excluding steroid dienone is 1. The van der Waals surface area contributed by atoms with Gasteiger partial charge in [0.2, 0.25) is 5.88 Å². The Balaban J connectivity index is 1.55. The number of thiazole rings is 1. The molecule has 2 N–H and O–H groups in total. The minimum absolute atomic E-state index is 0.0294. The maximum absolute atomic E-state index is 13.7. The van der Waals surface area contributed by atoms with E-state index in [9.17, 15) is 14.4 Å². The fraction of sp³-hybridized carbons (Fsp3) is 0.577. The Morgan fingerprint density at radius 2 is 1.97 bits per heavy atom. The highest BCUT2D eigenvalue weighted by atomic mass is 32.1. The van der Waals surface area contributed by atoms with Crippen LogP contribution in [0, 0.1) is 5.41 Å². The number of nitrogens with zero attached hydrogens (tertiary/aromatic N) is 4. The molecule has 0 unspecified atom stereocenters. The Morgan fingerprint density at radius 1 is 1.17 bits per heavy atom. The lowest BCUT2D eigenvalue weighted by Crippen LogP contribution is -2.45. The SMILES string of the molecule is C[C@H](Oc1cc(-n2ccsc2=O)nc(C(N)=C2CCC[C@@]3(CCCCC3=O)C2=O)n1)[C@@H]1CCCN1C. The molecule has 3 heterocycles. The summed E-state index contributed by atoms with van der Waals surface area (Å²) in [4.78, 5) is 50.2. The maximum atomic E-state index is 13.7. The number of aromatic nitrogens is 3. The summed E-state index contributed by atoms with van der Waals surface area (Å²) in [7, 11) is 2.08. The summed E-state index contributed by atoms with van der Waals surface area (Å²) in [6, 6.07) is 1.89. The lowest BCUT2D eigenvalue weighted by molar-refractivity contribution is -0.143. The van der Waals surface area contributed by atoms with E-state index in [0.29, 0.717) is 49.4 Å². The van der Waals surface area contributed by atoms with Gasteiger partial charge in [0, 0.05) is 35.7 Å². The van der Waals surface area contributed by atoms with Gasteiger partial charge in [-0.1, -0.05) is 17.8 Å². The van der Waals surface area contributed by atoms with Crippen molar-refractivity contribution < 1.29 is 14.3 Å². The molecular weight excluding hydrogens is 478 g/mol. The molecule has 2 aliphatic carbocycles. The van der Waals surface area contributed by atoms with E-state index in [1.165, 1.54) is 4.57 Å². The average Bonchev–Trinajstić information content (AvgIpc) is 3.49. The molecule has 3 fully saturated rings. The zero-order valence-corrected chi connectivity index (χ0v) is 21.7. The Hall–Kier alpha value is -2.85. The van der Waals surface area contributed by atoms with Crippen molar-refractivity contribution in [2.75, 3.05) is 13.6 Å². The highest BCUT2D eigenvalue weighted by Gasteiger charge is 2.49. The molecule has 36 heavy (non-hydrogen) atoms. The van der Waals surface area contributed by atoms with Crippen LogP contribution in [0.3, 0.4) is 0 Å². The average molecular weight is 512 g/mol. The Morgan fingerprint density at radius 3 is 2.67 bits per heavy atom. The minimum atomic E-state index is -0.959. The fourth-order valence-corrected chi connectivity index (χ4v) is 6.59. The van der Waals surface area contributed by atoms with Gasteiger partial charge in [0.25, 0.3) is 0 Å². The van der Waals surface area contributed by atoms with Crippen LogP contribution in [0.25, 0.3) is 11.5 Å². The predicted octanol–water partition coefficient (Wildman–Crippen LogP) is 3.10. The van der Waals surface area contributed by atoms with Crippen molar-refractivity contribution in [2.45, 2.75) is 76.9 Å². The van der Waals surface area contributed by atoms with Crippen LogP contribution in [0.1, 0.15) is 70.5 Å². The van der Waals surface area contributed by atoms with Gasteiger partial charge >= 0.3 is 4.87 Å². The molecule has 1 saturated heterocycles. The molecule has 2 aromatic heterocycles. The number of hydrogen-bond donors (Lipinski definition) is 1. The summed E-state index contributed by atoms with van der Waals surface area (Å²) in [5, 5.41) is 1.69. The lowest BCUT2D eigenvalue weighted by Gasteiger charge is -2.38. The van der Waals surface area contributed by atoms with Gasteiger partial charge in [0.05, 0.1) is 11.1 Å². The van der Waals surface area contributed by atoms with Crippen molar-refractivity contribution in [2.24, 2.45) is 11.1 Å². The summed E-state index contributed by atoms with van der Waals surface area (Å²) >= 11 is 1.06. The van der Waals surface area contributed by atoms with Crippen LogP contribution in [0.5, 0.6) is 5.88 Å². The van der Waals surface area contributed by atoms with E-state index >= 15 is 0 Å². The number of hydrogen-bond acceptors (Lipinski definition) is 9. The predicted molar refractivity (Wildman–Crippen MR) is 137 cm³/mol. The normalized spacial score (nSPS) is 27.4. The quantitative estimate of drug-likeness (QED) is 0.480. The molecule has 0 aromatic carbocycles. The van der Waals surface area contributed by atoms with Gasteiger partial charge in [0.1, 0.15) is 17.7 Å². The second-order valence-corrected chi connectivity index (χ2v) is 11.1. The fourth-order valence-electron chi connectivity index (χ4n) is 6.02. The molecule has 10 heteroatoms. The van der Waals surface area contributed by atoms with Gasteiger partial charge < -0.3 is 10.5 Å². The third kappa shape index (κ3) is 4.41. The molecule has 1 spiro atoms. The first kappa shape index (κ1) is 24.8. The number of nitrogens with two attached hydrogens (primary N) is 1. The van der Waals surface area contributed by atoms with Gasteiger partial charge in [0.15, 0.2) is 11.6 Å². The van der Waals surface area contributed by atoms with Crippen LogP contribution in [-0.4, -0.2) is 56.7 Å². The number of carbonyl (C=O) groups is 2. The summed E-state index contributed by atoms with van der Waals surface area (Å²) in [6.07, 6.45) is 8.13. The molecule has 2 saturated carbocycles. The van der Waals surface area contributed by atoms with Gasteiger partial charge in [-0.3, -0.25) is 23.9 Å². The van der Waals surface area contributed by atoms with Crippen LogP contribution < -0.4 is 15.3 Å². The molecule has 3 atom stereocenters. The number of carbonyl (C=O) groups excluding carboxylic acids is 2. The van der Waals surface area contributed by atoms with E-state index in [2.05, 4.69) is 21.9 Å². The van der Waals surface area contributed by atoms with Crippen LogP contribution in [0.4, 0.5) is 0 Å². The van der Waals surface area contributed by atoms with E-state index in [4.69, 9.17) is 10.5 Å². The molecular formula is C26H33N5O4S. The van der Waals surface area contributed by atoms with Crippen LogP contribution in [0.15, 0.2) is 28.0 Å². The molecule has 0 amide bonds. The number of ether oxygens (including phenoxy) is 1. The summed E-state index contributed by atoms with van der Waals surface area (Å²) in [6.45, 7) is 3.03. The molecule has 2 aromatic rings. The van der Waals surface area contributed by atoms with Crippen LogP contribution in [-0.2, 0) is 9.59 Å². The van der Waals surface area contributed by atoms with Crippen LogP contribution >= 0.6 is 11.3 Å². The number of likely N-dealkylation sites (N-methyl/N-ethyl adjacent to an activating group) is 1. The molecule has 5 rings (SSSR count). The number of ketones is 2. The van der Waals surface area contributed by atoms with Crippen molar-refractivity contribution in [1.29, 1.82) is 0 Å². The van der Waals surface area contributed by atoms with Crippen molar-refractivity contribution in [1.82, 2.24) is 19.4 Å². The summed E-state index contributed by atoms with van der Waals surface area (Å²) in [5.41, 5.74) is 6.20. The topological polar surface area (TPSA) is 120 Å². The Bertz CT molecular complexity index is 1260. The number of rotatable bonds is 5. The largest absolute Gasteiger partial charge is 0.473 e. The van der Waals surface area contributed by atoms with E-state index in [1.54, 1.807) is 17.6 Å². The monoisotopic (exact) mass is 511 g/mol. The van der Waals surface area contributed by atoms with E-state index in [0.717, 1.165) is 43.6 Å². The zero-order valence-electron chi connectivity index (χ0n) is 20.9. The first-order valence-electron chi connectivity index (χ1n) is 12.8. The molecule has 0 radical (unpaired) electrons. The molecule has 9 nitrogen and oxygen atoms in total. The van der Waals surface area contributed by atoms with Crippen molar-refractivity contribution in [3.8, 4) is 11.7 Å². The van der Waals surface area contributed by atoms with E-state index in [1.807, 2.05) is 6.92 Å². The molecule has 3 aliphatic rings. The third-order valence-electron chi connectivity index (χ3n) is 8.03. The minimum Gasteiger partial charge on any atom is -0.473 e. The second-order valence-electron chi connectivity index (χ2n) is 10.2. The molecule has 1 aliphatic heterocycles. The number of likely N-dealkylation sites (tertiary alicyclic amines) is 1. The maximum Gasteiger partial charge on any atom is 0.312 e.